The minimum absolute atomic E-state index is 0.595. The average Bonchev–Trinajstić information content (AvgIpc) is 2.47. The fourth-order valence-corrected chi connectivity index (χ4v) is 2.25. The van der Waals surface area contributed by atoms with Crippen LogP contribution < -0.4 is 4.74 Å². The van der Waals surface area contributed by atoms with Gasteiger partial charge in [0.15, 0.2) is 0 Å². The van der Waals surface area contributed by atoms with Crippen LogP contribution in [-0.4, -0.2) is 12.2 Å². The molecule has 18 heavy (non-hydrogen) atoms. The van der Waals surface area contributed by atoms with Crippen molar-refractivity contribution < 1.29 is 9.84 Å². The van der Waals surface area contributed by atoms with Crippen LogP contribution in [0.4, 0.5) is 0 Å². The lowest BCUT2D eigenvalue weighted by atomic mass is 9.83. The van der Waals surface area contributed by atoms with Crippen molar-refractivity contribution >= 4 is 0 Å². The summed E-state index contributed by atoms with van der Waals surface area (Å²) in [7, 11) is 1.62. The number of rotatable bonds is 4. The fraction of sp³-hybridized carbons (Fsp3) is 0.250. The van der Waals surface area contributed by atoms with Crippen molar-refractivity contribution in [3.8, 4) is 5.75 Å². The van der Waals surface area contributed by atoms with Gasteiger partial charge in [-0.15, -0.1) is 0 Å². The van der Waals surface area contributed by atoms with E-state index in [0.717, 1.165) is 11.1 Å². The fourth-order valence-electron chi connectivity index (χ4n) is 2.25. The van der Waals surface area contributed by atoms with E-state index in [2.05, 4.69) is 0 Å². The van der Waals surface area contributed by atoms with Crippen LogP contribution in [0.1, 0.15) is 24.5 Å². The molecule has 0 amide bonds. The summed E-state index contributed by atoms with van der Waals surface area (Å²) >= 11 is 0. The molecule has 0 radical (unpaired) electrons. The molecule has 94 valence electrons. The third kappa shape index (κ3) is 2.12. The Kier molecular flexibility index (Phi) is 3.68. The van der Waals surface area contributed by atoms with Crippen LogP contribution in [0, 0.1) is 0 Å². The van der Waals surface area contributed by atoms with Crippen molar-refractivity contribution in [1.82, 2.24) is 0 Å². The minimum Gasteiger partial charge on any atom is -0.496 e. The van der Waals surface area contributed by atoms with E-state index in [4.69, 9.17) is 4.74 Å². The quantitative estimate of drug-likeness (QED) is 0.891. The van der Waals surface area contributed by atoms with Gasteiger partial charge in [-0.25, -0.2) is 0 Å². The van der Waals surface area contributed by atoms with Gasteiger partial charge in [-0.2, -0.15) is 0 Å². The van der Waals surface area contributed by atoms with Crippen molar-refractivity contribution in [2.24, 2.45) is 0 Å². The maximum absolute atomic E-state index is 11.0. The topological polar surface area (TPSA) is 29.5 Å². The molecule has 2 aromatic rings. The second-order valence-electron chi connectivity index (χ2n) is 4.28. The third-order valence-corrected chi connectivity index (χ3v) is 3.32. The first-order valence-electron chi connectivity index (χ1n) is 6.13. The zero-order valence-corrected chi connectivity index (χ0v) is 10.8. The van der Waals surface area contributed by atoms with Gasteiger partial charge in [0.2, 0.25) is 0 Å². The summed E-state index contributed by atoms with van der Waals surface area (Å²) < 4.78 is 5.35. The second-order valence-corrected chi connectivity index (χ2v) is 4.28. The van der Waals surface area contributed by atoms with Gasteiger partial charge in [-0.05, 0) is 18.1 Å². The largest absolute Gasteiger partial charge is 0.496 e. The number of ether oxygens (including phenoxy) is 1. The van der Waals surface area contributed by atoms with Crippen LogP contribution in [0.2, 0.25) is 0 Å². The Morgan fingerprint density at radius 2 is 1.61 bits per heavy atom. The molecule has 1 unspecified atom stereocenters. The van der Waals surface area contributed by atoms with Crippen molar-refractivity contribution in [1.29, 1.82) is 0 Å². The van der Waals surface area contributed by atoms with Gasteiger partial charge < -0.3 is 9.84 Å². The first-order valence-corrected chi connectivity index (χ1v) is 6.13. The molecule has 0 fully saturated rings. The first kappa shape index (κ1) is 12.7. The molecule has 2 heteroatoms. The lowest BCUT2D eigenvalue weighted by Gasteiger charge is -2.29. The monoisotopic (exact) mass is 242 g/mol. The highest BCUT2D eigenvalue weighted by Crippen LogP contribution is 2.37. The molecule has 0 aliphatic carbocycles. The maximum Gasteiger partial charge on any atom is 0.125 e. The molecule has 0 aromatic heterocycles. The standard InChI is InChI=1S/C16H18O2/c1-3-16(17,13-9-5-4-6-10-13)14-11-7-8-12-15(14)18-2/h4-12,17H,3H2,1-2H3. The molecule has 1 N–H and O–H groups in total. The summed E-state index contributed by atoms with van der Waals surface area (Å²) in [6.45, 7) is 1.97. The summed E-state index contributed by atoms with van der Waals surface area (Å²) in [6, 6.07) is 17.3. The Labute approximate surface area is 108 Å². The van der Waals surface area contributed by atoms with E-state index in [0.29, 0.717) is 12.2 Å². The SMILES string of the molecule is CCC(O)(c1ccccc1)c1ccccc1OC. The van der Waals surface area contributed by atoms with Crippen LogP contribution in [-0.2, 0) is 5.60 Å². The summed E-state index contributed by atoms with van der Waals surface area (Å²) in [5.74, 6) is 0.714. The summed E-state index contributed by atoms with van der Waals surface area (Å²) in [5.41, 5.74) is 0.687. The molecule has 0 saturated carbocycles. The minimum atomic E-state index is -1.01. The van der Waals surface area contributed by atoms with Crippen LogP contribution in [0.3, 0.4) is 0 Å². The van der Waals surface area contributed by atoms with Crippen molar-refractivity contribution in [2.75, 3.05) is 7.11 Å². The van der Waals surface area contributed by atoms with Gasteiger partial charge in [0.1, 0.15) is 11.4 Å². The molecular formula is C16H18O2. The highest BCUT2D eigenvalue weighted by molar-refractivity contribution is 5.44. The van der Waals surface area contributed by atoms with Crippen molar-refractivity contribution in [2.45, 2.75) is 18.9 Å². The lowest BCUT2D eigenvalue weighted by molar-refractivity contribution is 0.0736. The molecule has 0 saturated heterocycles. The molecule has 0 aliphatic heterocycles. The molecule has 1 atom stereocenters. The Bertz CT molecular complexity index is 508. The van der Waals surface area contributed by atoms with Crippen LogP contribution in [0.25, 0.3) is 0 Å². The Morgan fingerprint density at radius 1 is 1.00 bits per heavy atom. The summed E-state index contributed by atoms with van der Waals surface area (Å²) in [6.07, 6.45) is 0.595. The van der Waals surface area contributed by atoms with E-state index in [-0.39, 0.29) is 0 Å². The number of para-hydroxylation sites is 1. The summed E-state index contributed by atoms with van der Waals surface area (Å²) in [4.78, 5) is 0. The summed E-state index contributed by atoms with van der Waals surface area (Å²) in [5, 5.41) is 11.0. The second kappa shape index (κ2) is 5.23. The predicted molar refractivity (Wildman–Crippen MR) is 72.7 cm³/mol. The zero-order valence-electron chi connectivity index (χ0n) is 10.8. The van der Waals surface area contributed by atoms with E-state index in [1.54, 1.807) is 7.11 Å². The molecule has 2 rings (SSSR count). The normalized spacial score (nSPS) is 13.9. The van der Waals surface area contributed by atoms with Gasteiger partial charge in [-0.1, -0.05) is 55.5 Å². The van der Waals surface area contributed by atoms with Crippen LogP contribution >= 0.6 is 0 Å². The van der Waals surface area contributed by atoms with E-state index in [1.165, 1.54) is 0 Å². The zero-order chi connectivity index (χ0) is 13.0. The predicted octanol–water partition coefficient (Wildman–Crippen LogP) is 3.34. The highest BCUT2D eigenvalue weighted by Gasteiger charge is 2.31. The highest BCUT2D eigenvalue weighted by atomic mass is 16.5. The molecule has 0 heterocycles. The van der Waals surface area contributed by atoms with E-state index in [9.17, 15) is 5.11 Å². The molecule has 0 bridgehead atoms. The van der Waals surface area contributed by atoms with Crippen molar-refractivity contribution in [3.05, 3.63) is 65.7 Å². The lowest BCUT2D eigenvalue weighted by Crippen LogP contribution is -2.26. The number of aliphatic hydroxyl groups is 1. The van der Waals surface area contributed by atoms with E-state index >= 15 is 0 Å². The van der Waals surface area contributed by atoms with E-state index in [1.807, 2.05) is 61.5 Å². The molecule has 2 nitrogen and oxygen atoms in total. The van der Waals surface area contributed by atoms with Crippen molar-refractivity contribution in [3.63, 3.8) is 0 Å². The molecule has 2 aromatic carbocycles. The van der Waals surface area contributed by atoms with Crippen LogP contribution in [0.5, 0.6) is 5.75 Å². The number of methoxy groups -OCH3 is 1. The third-order valence-electron chi connectivity index (χ3n) is 3.32. The van der Waals surface area contributed by atoms with Crippen LogP contribution in [0.15, 0.2) is 54.6 Å². The maximum atomic E-state index is 11.0. The molecule has 0 aliphatic rings. The molecular weight excluding hydrogens is 224 g/mol. The molecule has 0 spiro atoms. The Hall–Kier alpha value is -1.80. The smallest absolute Gasteiger partial charge is 0.125 e. The van der Waals surface area contributed by atoms with Gasteiger partial charge in [0.05, 0.1) is 7.11 Å². The number of hydrogen-bond donors (Lipinski definition) is 1. The van der Waals surface area contributed by atoms with Gasteiger partial charge >= 0.3 is 0 Å². The Morgan fingerprint density at radius 3 is 2.22 bits per heavy atom. The van der Waals surface area contributed by atoms with Gasteiger partial charge in [0, 0.05) is 5.56 Å². The average molecular weight is 242 g/mol. The van der Waals surface area contributed by atoms with Gasteiger partial charge in [-0.3, -0.25) is 0 Å². The van der Waals surface area contributed by atoms with Gasteiger partial charge in [0.25, 0.3) is 0 Å². The van der Waals surface area contributed by atoms with E-state index < -0.39 is 5.60 Å². The number of benzene rings is 2. The Balaban J connectivity index is 2.57. The number of hydrogen-bond acceptors (Lipinski definition) is 2. The first-order chi connectivity index (χ1) is 8.72.